The van der Waals surface area contributed by atoms with Gasteiger partial charge in [0.15, 0.2) is 0 Å². The normalized spacial score (nSPS) is 15.2. The number of hydrogen-bond donors (Lipinski definition) is 1. The number of carbonyl (C=O) groups is 2. The molecule has 1 atom stereocenters. The van der Waals surface area contributed by atoms with Gasteiger partial charge < -0.3 is 10.2 Å². The van der Waals surface area contributed by atoms with Gasteiger partial charge in [-0.05, 0) is 36.8 Å². The van der Waals surface area contributed by atoms with Crippen LogP contribution in [-0.2, 0) is 13.1 Å². The number of carbonyl (C=O) groups excluding carboxylic acids is 2. The molecule has 0 bridgehead atoms. The second-order valence-corrected chi connectivity index (χ2v) is 8.66. The first-order valence-electron chi connectivity index (χ1n) is 10.7. The van der Waals surface area contributed by atoms with Gasteiger partial charge in [-0.25, -0.2) is 26.7 Å². The molecule has 5 nitrogen and oxygen atoms in total. The molecule has 1 N–H and O–H groups in total. The lowest BCUT2D eigenvalue weighted by Crippen LogP contribution is -2.46. The van der Waals surface area contributed by atoms with Crippen molar-refractivity contribution in [3.63, 3.8) is 0 Å². The highest BCUT2D eigenvalue weighted by atomic mass is 35.5. The number of urea groups is 1. The Labute approximate surface area is 208 Å². The Bertz CT molecular complexity index is 1360. The minimum Gasteiger partial charge on any atom is -0.348 e. The monoisotopic (exact) mass is 523 g/mol. The molecule has 3 amide bonds. The molecule has 4 rings (SSSR count). The summed E-state index contributed by atoms with van der Waals surface area (Å²) in [5.74, 6) is -5.79. The molecule has 0 unspecified atom stereocenters. The summed E-state index contributed by atoms with van der Waals surface area (Å²) in [5, 5.41) is 1.89. The predicted molar refractivity (Wildman–Crippen MR) is 123 cm³/mol. The molecule has 0 spiro atoms. The average molecular weight is 524 g/mol. The molecule has 188 valence electrons. The molecule has 0 saturated carbocycles. The van der Waals surface area contributed by atoms with E-state index < -0.39 is 70.7 Å². The summed E-state index contributed by atoms with van der Waals surface area (Å²) < 4.78 is 69.4. The number of anilines is 1. The molecule has 1 heterocycles. The minimum absolute atomic E-state index is 0.0389. The smallest absolute Gasteiger partial charge is 0.325 e. The highest BCUT2D eigenvalue weighted by Crippen LogP contribution is 2.38. The number of nitrogens with one attached hydrogen (secondary N) is 1. The molecule has 11 heteroatoms. The fourth-order valence-electron chi connectivity index (χ4n) is 3.98. The van der Waals surface area contributed by atoms with Crippen molar-refractivity contribution in [1.29, 1.82) is 0 Å². The molecule has 0 aliphatic carbocycles. The van der Waals surface area contributed by atoms with Crippen molar-refractivity contribution < 1.29 is 31.5 Å². The minimum atomic E-state index is -1.15. The first-order chi connectivity index (χ1) is 17.0. The zero-order chi connectivity index (χ0) is 26.3. The Kier molecular flexibility index (Phi) is 6.90. The lowest BCUT2D eigenvalue weighted by atomic mass is 9.98. The van der Waals surface area contributed by atoms with Gasteiger partial charge in [0, 0.05) is 42.4 Å². The van der Waals surface area contributed by atoms with E-state index in [1.165, 1.54) is 17.0 Å². The number of halogens is 6. The number of rotatable bonds is 5. The third-order valence-electron chi connectivity index (χ3n) is 6.13. The van der Waals surface area contributed by atoms with Crippen LogP contribution >= 0.6 is 11.6 Å². The number of nitrogens with zero attached hydrogens (tertiary/aromatic N) is 2. The molecule has 36 heavy (non-hydrogen) atoms. The fraction of sp³-hybridized carbons (Fsp3) is 0.200. The summed E-state index contributed by atoms with van der Waals surface area (Å²) in [6.07, 6.45) is 0. The first kappa shape index (κ1) is 25.4. The van der Waals surface area contributed by atoms with Crippen LogP contribution in [0.4, 0.5) is 32.4 Å². The van der Waals surface area contributed by atoms with Crippen molar-refractivity contribution in [1.82, 2.24) is 10.2 Å². The van der Waals surface area contributed by atoms with Gasteiger partial charge in [0.1, 0.15) is 29.1 Å². The summed E-state index contributed by atoms with van der Waals surface area (Å²) in [4.78, 5) is 28.4. The highest BCUT2D eigenvalue weighted by molar-refractivity contribution is 6.31. The zero-order valence-electron chi connectivity index (χ0n) is 19.0. The Morgan fingerprint density at radius 2 is 1.58 bits per heavy atom. The molecule has 3 aromatic rings. The quantitative estimate of drug-likeness (QED) is 0.325. The van der Waals surface area contributed by atoms with Gasteiger partial charge in [-0.2, -0.15) is 0 Å². The van der Waals surface area contributed by atoms with Crippen molar-refractivity contribution in [2.45, 2.75) is 26.1 Å². The Hall–Kier alpha value is -3.66. The van der Waals surface area contributed by atoms with Crippen LogP contribution in [0.1, 0.15) is 40.0 Å². The van der Waals surface area contributed by atoms with Gasteiger partial charge >= 0.3 is 6.03 Å². The number of amides is 3. The number of benzene rings is 3. The van der Waals surface area contributed by atoms with Crippen LogP contribution < -0.4 is 10.2 Å². The van der Waals surface area contributed by atoms with Crippen molar-refractivity contribution in [3.05, 3.63) is 98.8 Å². The maximum atomic E-state index is 14.5. The molecular weight excluding hydrogens is 505 g/mol. The third kappa shape index (κ3) is 4.60. The van der Waals surface area contributed by atoms with Crippen LogP contribution in [0.5, 0.6) is 0 Å². The van der Waals surface area contributed by atoms with Crippen molar-refractivity contribution in [2.24, 2.45) is 0 Å². The third-order valence-corrected chi connectivity index (χ3v) is 6.54. The van der Waals surface area contributed by atoms with E-state index >= 15 is 0 Å². The van der Waals surface area contributed by atoms with E-state index in [0.29, 0.717) is 17.7 Å². The first-order valence-corrected chi connectivity index (χ1v) is 11.1. The van der Waals surface area contributed by atoms with E-state index in [1.807, 2.05) is 0 Å². The molecule has 0 aromatic heterocycles. The lowest BCUT2D eigenvalue weighted by molar-refractivity contribution is 0.0950. The van der Waals surface area contributed by atoms with Crippen molar-refractivity contribution >= 4 is 29.2 Å². The fourth-order valence-corrected chi connectivity index (χ4v) is 4.19. The summed E-state index contributed by atoms with van der Waals surface area (Å²) in [6.45, 7) is 0.784. The molecule has 1 aliphatic rings. The average Bonchev–Trinajstić information content (AvgIpc) is 2.83. The predicted octanol–water partition coefficient (Wildman–Crippen LogP) is 6.10. The number of hydrogen-bond acceptors (Lipinski definition) is 2. The van der Waals surface area contributed by atoms with Gasteiger partial charge in [-0.3, -0.25) is 9.69 Å². The second kappa shape index (κ2) is 9.77. The molecule has 3 aromatic carbocycles. The van der Waals surface area contributed by atoms with Crippen molar-refractivity contribution in [2.75, 3.05) is 11.9 Å². The van der Waals surface area contributed by atoms with Crippen LogP contribution in [0.15, 0.2) is 42.5 Å². The standard InChI is InChI=1S/C25H19ClF5N3O2/c1-12-15-4-3-13(24(35)32-10-16-20(30)8-14(27)9-21(16)31)7-22(15)34(25(36)33(12)2)11-17-18(28)5-6-19(29)23(17)26/h3-9,12H,10-11H2,1-2H3,(H,32,35)/t12-/m0/s1. The van der Waals surface area contributed by atoms with E-state index in [9.17, 15) is 31.5 Å². The summed E-state index contributed by atoms with van der Waals surface area (Å²) >= 11 is 5.96. The van der Waals surface area contributed by atoms with Crippen LogP contribution in [0.3, 0.4) is 0 Å². The number of fused-ring (bicyclic) bond motifs is 1. The van der Waals surface area contributed by atoms with Crippen molar-refractivity contribution in [3.8, 4) is 0 Å². The topological polar surface area (TPSA) is 52.7 Å². The van der Waals surface area contributed by atoms with E-state index in [-0.39, 0.29) is 16.8 Å². The van der Waals surface area contributed by atoms with Gasteiger partial charge in [0.25, 0.3) is 5.91 Å². The lowest BCUT2D eigenvalue weighted by Gasteiger charge is -2.39. The Balaban J connectivity index is 1.67. The SMILES string of the molecule is C[C@H]1c2ccc(C(=O)NCc3c(F)cc(F)cc3F)cc2N(Cc2c(F)ccc(F)c2Cl)C(=O)N1C. The van der Waals surface area contributed by atoms with Gasteiger partial charge in [-0.1, -0.05) is 17.7 Å². The van der Waals surface area contributed by atoms with Gasteiger partial charge in [0.05, 0.1) is 23.3 Å². The second-order valence-electron chi connectivity index (χ2n) is 8.28. The molecule has 0 radical (unpaired) electrons. The Morgan fingerprint density at radius 1 is 0.944 bits per heavy atom. The molecular formula is C25H19ClF5N3O2. The van der Waals surface area contributed by atoms with E-state index in [0.717, 1.165) is 17.0 Å². The largest absolute Gasteiger partial charge is 0.348 e. The van der Waals surface area contributed by atoms with Gasteiger partial charge in [-0.15, -0.1) is 0 Å². The van der Waals surface area contributed by atoms with Crippen LogP contribution in [-0.4, -0.2) is 23.9 Å². The molecule has 0 fully saturated rings. The van der Waals surface area contributed by atoms with Crippen LogP contribution in [0, 0.1) is 29.1 Å². The summed E-state index contributed by atoms with van der Waals surface area (Å²) in [5.41, 5.74) is 0.161. The van der Waals surface area contributed by atoms with Crippen LogP contribution in [0.2, 0.25) is 5.02 Å². The van der Waals surface area contributed by atoms with E-state index in [2.05, 4.69) is 5.32 Å². The van der Waals surface area contributed by atoms with Gasteiger partial charge in [0.2, 0.25) is 0 Å². The molecule has 1 aliphatic heterocycles. The highest BCUT2D eigenvalue weighted by Gasteiger charge is 2.34. The maximum absolute atomic E-state index is 14.5. The van der Waals surface area contributed by atoms with E-state index in [4.69, 9.17) is 11.6 Å². The summed E-state index contributed by atoms with van der Waals surface area (Å²) in [6, 6.07) is 6.25. The zero-order valence-corrected chi connectivity index (χ0v) is 19.8. The van der Waals surface area contributed by atoms with Crippen LogP contribution in [0.25, 0.3) is 0 Å². The molecule has 0 saturated heterocycles. The Morgan fingerprint density at radius 3 is 2.25 bits per heavy atom. The van der Waals surface area contributed by atoms with E-state index in [1.54, 1.807) is 20.0 Å². The maximum Gasteiger partial charge on any atom is 0.325 e. The summed E-state index contributed by atoms with van der Waals surface area (Å²) in [7, 11) is 1.54.